The van der Waals surface area contributed by atoms with E-state index in [1.165, 1.54) is 0 Å². The lowest BCUT2D eigenvalue weighted by molar-refractivity contribution is -0.157. The third-order valence-corrected chi connectivity index (χ3v) is 9.38. The van der Waals surface area contributed by atoms with E-state index in [1.807, 2.05) is 0 Å². The van der Waals surface area contributed by atoms with Gasteiger partial charge in [-0.15, -0.1) is 11.6 Å². The van der Waals surface area contributed by atoms with Gasteiger partial charge in [0.05, 0.1) is 29.1 Å². The second-order valence-electron chi connectivity index (χ2n) is 11.1. The van der Waals surface area contributed by atoms with Crippen LogP contribution in [0.4, 0.5) is 4.39 Å². The Bertz CT molecular complexity index is 732. The van der Waals surface area contributed by atoms with Crippen LogP contribution >= 0.6 is 11.6 Å². The fraction of sp³-hybridized carbons (Fsp3) is 0.920. The lowest BCUT2D eigenvalue weighted by Gasteiger charge is -2.55. The van der Waals surface area contributed by atoms with Crippen LogP contribution in [0.25, 0.3) is 0 Å². The maximum absolute atomic E-state index is 13.8. The van der Waals surface area contributed by atoms with Gasteiger partial charge < -0.3 is 25.2 Å². The molecule has 2 amide bonds. The summed E-state index contributed by atoms with van der Waals surface area (Å²) in [5, 5.41) is 16.7. The highest BCUT2D eigenvalue weighted by molar-refractivity contribution is 6.21. The Morgan fingerprint density at radius 3 is 2.53 bits per heavy atom. The summed E-state index contributed by atoms with van der Waals surface area (Å²) in [6, 6.07) is 0. The highest BCUT2D eigenvalue weighted by atomic mass is 35.5. The van der Waals surface area contributed by atoms with Crippen molar-refractivity contribution < 1.29 is 28.6 Å². The van der Waals surface area contributed by atoms with Gasteiger partial charge in [-0.1, -0.05) is 6.42 Å². The SMILES string of the molecule is COC1CCCC(CNC(=O)C23CCC(NC(=O)COC4CCC(Cl)C(F)C4)(CC2)CC3O)C1. The molecule has 7 nitrogen and oxygen atoms in total. The van der Waals surface area contributed by atoms with Gasteiger partial charge in [-0.2, -0.15) is 0 Å². The van der Waals surface area contributed by atoms with Crippen LogP contribution in [0, 0.1) is 11.3 Å². The average molecular weight is 503 g/mol. The highest BCUT2D eigenvalue weighted by Gasteiger charge is 2.58. The van der Waals surface area contributed by atoms with Crippen LogP contribution in [-0.2, 0) is 19.1 Å². The molecule has 6 unspecified atom stereocenters. The summed E-state index contributed by atoms with van der Waals surface area (Å²) in [5.74, 6) is 0.103. The van der Waals surface area contributed by atoms with Crippen LogP contribution in [0.5, 0.6) is 0 Å². The zero-order valence-electron chi connectivity index (χ0n) is 20.2. The van der Waals surface area contributed by atoms with Crippen molar-refractivity contribution in [2.24, 2.45) is 11.3 Å². The van der Waals surface area contributed by atoms with Gasteiger partial charge in [0, 0.05) is 25.6 Å². The van der Waals surface area contributed by atoms with Crippen LogP contribution in [0.3, 0.4) is 0 Å². The number of alkyl halides is 2. The number of ether oxygens (including phenoxy) is 2. The van der Waals surface area contributed by atoms with Crippen LogP contribution < -0.4 is 10.6 Å². The Morgan fingerprint density at radius 1 is 1.09 bits per heavy atom. The van der Waals surface area contributed by atoms with E-state index in [4.69, 9.17) is 21.1 Å². The number of methoxy groups -OCH3 is 1. The molecule has 6 atom stereocenters. The number of amides is 2. The van der Waals surface area contributed by atoms with Crippen molar-refractivity contribution in [2.45, 2.75) is 112 Å². The zero-order valence-corrected chi connectivity index (χ0v) is 21.0. The van der Waals surface area contributed by atoms with Crippen LogP contribution in [0.15, 0.2) is 0 Å². The molecule has 0 aromatic rings. The number of nitrogens with one attached hydrogen (secondary N) is 2. The van der Waals surface area contributed by atoms with Crippen molar-refractivity contribution >= 4 is 23.4 Å². The van der Waals surface area contributed by atoms with Crippen molar-refractivity contribution in [1.82, 2.24) is 10.6 Å². The van der Waals surface area contributed by atoms with E-state index in [1.54, 1.807) is 7.11 Å². The Balaban J connectivity index is 1.24. The predicted octanol–water partition coefficient (Wildman–Crippen LogP) is 3.00. The van der Waals surface area contributed by atoms with Crippen molar-refractivity contribution in [3.05, 3.63) is 0 Å². The third kappa shape index (κ3) is 5.71. The van der Waals surface area contributed by atoms with E-state index >= 15 is 0 Å². The topological polar surface area (TPSA) is 96.9 Å². The number of aliphatic hydroxyl groups excluding tert-OH is 1. The van der Waals surface area contributed by atoms with E-state index in [-0.39, 0.29) is 37.0 Å². The van der Waals surface area contributed by atoms with Gasteiger partial charge in [0.1, 0.15) is 12.8 Å². The zero-order chi connectivity index (χ0) is 24.3. The third-order valence-electron chi connectivity index (χ3n) is 8.89. The standard InChI is InChI=1S/C25H40ClFN2O5/c1-33-17-4-2-3-16(11-17)14-28-23(32)25-9-7-24(8-10-25,13-21(25)30)29-22(31)15-34-18-5-6-19(26)20(27)12-18/h16-21,30H,2-15H2,1H3,(H,28,32)(H,29,31). The molecule has 9 heteroatoms. The summed E-state index contributed by atoms with van der Waals surface area (Å²) >= 11 is 5.92. The molecule has 5 aliphatic rings. The van der Waals surface area contributed by atoms with Gasteiger partial charge in [-0.3, -0.25) is 9.59 Å². The van der Waals surface area contributed by atoms with E-state index in [2.05, 4.69) is 10.6 Å². The molecule has 3 N–H and O–H groups in total. The highest BCUT2D eigenvalue weighted by Crippen LogP contribution is 2.52. The Hall–Kier alpha value is -0.960. The van der Waals surface area contributed by atoms with E-state index in [0.717, 1.165) is 25.7 Å². The molecule has 0 heterocycles. The van der Waals surface area contributed by atoms with Crippen LogP contribution in [0.1, 0.15) is 77.0 Å². The number of carbonyl (C=O) groups is 2. The second kappa shape index (κ2) is 11.0. The fourth-order valence-electron chi connectivity index (χ4n) is 6.61. The summed E-state index contributed by atoms with van der Waals surface area (Å²) in [6.07, 6.45) is 6.51. The number of halogens is 2. The second-order valence-corrected chi connectivity index (χ2v) is 11.6. The van der Waals surface area contributed by atoms with Crippen molar-refractivity contribution in [1.29, 1.82) is 0 Å². The summed E-state index contributed by atoms with van der Waals surface area (Å²) < 4.78 is 25.0. The van der Waals surface area contributed by atoms with Gasteiger partial charge in [0.2, 0.25) is 11.8 Å². The van der Waals surface area contributed by atoms with Gasteiger partial charge in [-0.25, -0.2) is 4.39 Å². The molecule has 5 saturated carbocycles. The monoisotopic (exact) mass is 502 g/mol. The number of hydrogen-bond acceptors (Lipinski definition) is 5. The van der Waals surface area contributed by atoms with Gasteiger partial charge in [0.25, 0.3) is 0 Å². The van der Waals surface area contributed by atoms with Gasteiger partial charge in [0.15, 0.2) is 0 Å². The van der Waals surface area contributed by atoms with Gasteiger partial charge >= 0.3 is 0 Å². The maximum Gasteiger partial charge on any atom is 0.246 e. The van der Waals surface area contributed by atoms with E-state index in [9.17, 15) is 19.1 Å². The molecule has 5 rings (SSSR count). The first-order valence-corrected chi connectivity index (χ1v) is 13.4. The van der Waals surface area contributed by atoms with Crippen molar-refractivity contribution in [2.75, 3.05) is 20.3 Å². The number of fused-ring (bicyclic) bond motifs is 3. The molecule has 0 aliphatic heterocycles. The molecule has 0 radical (unpaired) electrons. The Labute approximate surface area is 206 Å². The number of carbonyl (C=O) groups excluding carboxylic acids is 2. The molecule has 5 aliphatic carbocycles. The lowest BCUT2D eigenvalue weighted by atomic mass is 9.55. The summed E-state index contributed by atoms with van der Waals surface area (Å²) in [4.78, 5) is 25.8. The number of aliphatic hydroxyl groups is 1. The average Bonchev–Trinajstić information content (AvgIpc) is 2.84. The first-order chi connectivity index (χ1) is 16.2. The quantitative estimate of drug-likeness (QED) is 0.443. The first-order valence-electron chi connectivity index (χ1n) is 13.0. The van der Waals surface area contributed by atoms with E-state index in [0.29, 0.717) is 57.4 Å². The minimum absolute atomic E-state index is 0.0572. The summed E-state index contributed by atoms with van der Waals surface area (Å²) in [7, 11) is 1.74. The molecule has 2 bridgehead atoms. The first kappa shape index (κ1) is 26.1. The molecule has 0 aromatic heterocycles. The fourth-order valence-corrected chi connectivity index (χ4v) is 6.83. The van der Waals surface area contributed by atoms with Crippen molar-refractivity contribution in [3.63, 3.8) is 0 Å². The molecule has 194 valence electrons. The predicted molar refractivity (Wildman–Crippen MR) is 126 cm³/mol. The minimum Gasteiger partial charge on any atom is -0.392 e. The lowest BCUT2D eigenvalue weighted by Crippen LogP contribution is -2.66. The molecule has 34 heavy (non-hydrogen) atoms. The summed E-state index contributed by atoms with van der Waals surface area (Å²) in [5.41, 5.74) is -1.28. The van der Waals surface area contributed by atoms with Crippen LogP contribution in [0.2, 0.25) is 0 Å². The Kier molecular flexibility index (Phi) is 8.43. The van der Waals surface area contributed by atoms with Gasteiger partial charge in [-0.05, 0) is 70.1 Å². The van der Waals surface area contributed by atoms with Crippen molar-refractivity contribution in [3.8, 4) is 0 Å². The number of hydrogen-bond donors (Lipinski definition) is 3. The smallest absolute Gasteiger partial charge is 0.246 e. The summed E-state index contributed by atoms with van der Waals surface area (Å²) in [6.45, 7) is 0.495. The normalized spacial score (nSPS) is 42.2. The maximum atomic E-state index is 13.8. The molecule has 0 spiro atoms. The van der Waals surface area contributed by atoms with E-state index < -0.39 is 28.6 Å². The largest absolute Gasteiger partial charge is 0.392 e. The molecular weight excluding hydrogens is 463 g/mol. The molecule has 0 aromatic carbocycles. The molecular formula is C25H40ClFN2O5. The molecule has 5 fully saturated rings. The Morgan fingerprint density at radius 2 is 1.85 bits per heavy atom. The number of rotatable bonds is 8. The minimum atomic E-state index is -1.10. The van der Waals surface area contributed by atoms with Crippen LogP contribution in [-0.4, -0.2) is 72.6 Å². The molecule has 0 saturated heterocycles.